The van der Waals surface area contributed by atoms with Crippen LogP contribution in [0.25, 0.3) is 0 Å². The Morgan fingerprint density at radius 3 is 2.46 bits per heavy atom. The van der Waals surface area contributed by atoms with E-state index in [1.807, 2.05) is 6.07 Å². The van der Waals surface area contributed by atoms with E-state index in [-0.39, 0.29) is 24.4 Å². The number of nitrogens with zero attached hydrogens (tertiary/aromatic N) is 2. The number of benzene rings is 1. The lowest BCUT2D eigenvalue weighted by Crippen LogP contribution is -2.46. The average Bonchev–Trinajstić information content (AvgIpc) is 3.00. The zero-order valence-electron chi connectivity index (χ0n) is 17.6. The third-order valence-electron chi connectivity index (χ3n) is 5.86. The van der Waals surface area contributed by atoms with E-state index in [9.17, 15) is 4.79 Å². The molecule has 1 amide bonds. The molecule has 1 aromatic heterocycles. The molecule has 1 N–H and O–H groups in total. The number of carbonyl (C=O) groups is 1. The molecule has 1 aromatic carbocycles. The van der Waals surface area contributed by atoms with Gasteiger partial charge in [0.15, 0.2) is 0 Å². The highest BCUT2D eigenvalue weighted by molar-refractivity contribution is 5.96. The van der Waals surface area contributed by atoms with Gasteiger partial charge in [-0.3, -0.25) is 4.79 Å². The molecule has 1 saturated heterocycles. The molecule has 3 rings (SSSR count). The molecule has 2 heterocycles. The van der Waals surface area contributed by atoms with Crippen LogP contribution in [0, 0.1) is 13.8 Å². The monoisotopic (exact) mass is 403 g/mol. The lowest BCUT2D eigenvalue weighted by atomic mass is 10.0. The van der Waals surface area contributed by atoms with Crippen LogP contribution in [0.2, 0.25) is 0 Å². The average molecular weight is 404 g/mol. The van der Waals surface area contributed by atoms with Gasteiger partial charge in [-0.1, -0.05) is 37.3 Å². The Labute approximate surface area is 175 Å². The Kier molecular flexibility index (Phi) is 8.14. The van der Waals surface area contributed by atoms with Crippen molar-refractivity contribution in [3.8, 4) is 0 Å². The highest BCUT2D eigenvalue weighted by atomic mass is 35.5. The topological polar surface area (TPSA) is 37.3 Å². The maximum atomic E-state index is 13.5. The first-order chi connectivity index (χ1) is 13.0. The molecule has 0 aliphatic carbocycles. The largest absolute Gasteiger partial charge is 0.341 e. The molecular weight excluding hydrogens is 370 g/mol. The third-order valence-corrected chi connectivity index (χ3v) is 5.86. The first kappa shape index (κ1) is 22.5. The van der Waals surface area contributed by atoms with E-state index >= 15 is 0 Å². The number of aromatic nitrogens is 1. The van der Waals surface area contributed by atoms with Gasteiger partial charge in [0, 0.05) is 24.0 Å². The smallest absolute Gasteiger partial charge is 0.255 e. The Morgan fingerprint density at radius 1 is 1.21 bits per heavy atom. The Balaban J connectivity index is 0.00000280. The van der Waals surface area contributed by atoms with Gasteiger partial charge in [0.05, 0.1) is 11.6 Å². The van der Waals surface area contributed by atoms with Crippen LogP contribution < -0.4 is 5.32 Å². The minimum Gasteiger partial charge on any atom is -0.341 e. The van der Waals surface area contributed by atoms with Crippen LogP contribution in [0.4, 0.5) is 0 Å². The zero-order chi connectivity index (χ0) is 19.4. The van der Waals surface area contributed by atoms with Crippen molar-refractivity contribution in [1.82, 2.24) is 14.8 Å². The molecular formula is C23H34ClN3O. The second-order valence-corrected chi connectivity index (χ2v) is 7.72. The number of halogens is 1. The molecule has 2 aromatic rings. The highest BCUT2D eigenvalue weighted by Gasteiger charge is 2.28. The number of piperidine rings is 1. The summed E-state index contributed by atoms with van der Waals surface area (Å²) in [5, 5.41) is 3.41. The van der Waals surface area contributed by atoms with Gasteiger partial charge >= 0.3 is 0 Å². The number of aryl methyl sites for hydroxylation is 1. The minimum absolute atomic E-state index is 0. The van der Waals surface area contributed by atoms with E-state index in [2.05, 4.69) is 72.8 Å². The van der Waals surface area contributed by atoms with Crippen LogP contribution in [-0.2, 0) is 0 Å². The predicted octanol–water partition coefficient (Wildman–Crippen LogP) is 4.74. The Morgan fingerprint density at radius 2 is 1.86 bits per heavy atom. The molecule has 1 atom stereocenters. The molecule has 0 bridgehead atoms. The fraction of sp³-hybridized carbons (Fsp3) is 0.522. The van der Waals surface area contributed by atoms with Gasteiger partial charge in [0.2, 0.25) is 0 Å². The number of hydrogen-bond acceptors (Lipinski definition) is 2. The molecule has 0 spiro atoms. The summed E-state index contributed by atoms with van der Waals surface area (Å²) in [4.78, 5) is 15.6. The van der Waals surface area contributed by atoms with E-state index in [0.717, 1.165) is 55.8 Å². The fourth-order valence-electron chi connectivity index (χ4n) is 4.43. The van der Waals surface area contributed by atoms with Crippen molar-refractivity contribution in [3.05, 3.63) is 58.9 Å². The summed E-state index contributed by atoms with van der Waals surface area (Å²) in [6.07, 6.45) is 3.09. The predicted molar refractivity (Wildman–Crippen MR) is 119 cm³/mol. The normalized spacial score (nSPS) is 15.7. The van der Waals surface area contributed by atoms with Crippen LogP contribution >= 0.6 is 12.4 Å². The minimum atomic E-state index is 0. The second-order valence-electron chi connectivity index (χ2n) is 7.72. The van der Waals surface area contributed by atoms with Crippen molar-refractivity contribution < 1.29 is 4.79 Å². The SMILES string of the molecule is CCCN(C(=O)c1cc(C)n(C(C)c2ccccc2)c1C)C1CCNCC1.Cl. The maximum absolute atomic E-state index is 13.5. The van der Waals surface area contributed by atoms with Crippen LogP contribution in [0.15, 0.2) is 36.4 Å². The van der Waals surface area contributed by atoms with E-state index < -0.39 is 0 Å². The number of carbonyl (C=O) groups excluding carboxylic acids is 1. The quantitative estimate of drug-likeness (QED) is 0.756. The van der Waals surface area contributed by atoms with Crippen LogP contribution in [0.5, 0.6) is 0 Å². The molecule has 4 nitrogen and oxygen atoms in total. The van der Waals surface area contributed by atoms with Gasteiger partial charge < -0.3 is 14.8 Å². The third kappa shape index (κ3) is 4.61. The molecule has 1 aliphatic heterocycles. The van der Waals surface area contributed by atoms with Gasteiger partial charge in [0.25, 0.3) is 5.91 Å². The van der Waals surface area contributed by atoms with E-state index in [1.54, 1.807) is 0 Å². The zero-order valence-corrected chi connectivity index (χ0v) is 18.4. The van der Waals surface area contributed by atoms with E-state index in [1.165, 1.54) is 5.56 Å². The lowest BCUT2D eigenvalue weighted by molar-refractivity contribution is 0.0641. The van der Waals surface area contributed by atoms with Crippen molar-refractivity contribution in [2.24, 2.45) is 0 Å². The van der Waals surface area contributed by atoms with E-state index in [4.69, 9.17) is 0 Å². The van der Waals surface area contributed by atoms with Gasteiger partial charge in [-0.25, -0.2) is 0 Å². The van der Waals surface area contributed by atoms with Crippen molar-refractivity contribution in [2.45, 2.75) is 59.0 Å². The molecule has 1 fully saturated rings. The van der Waals surface area contributed by atoms with Crippen molar-refractivity contribution in [1.29, 1.82) is 0 Å². The summed E-state index contributed by atoms with van der Waals surface area (Å²) in [5.74, 6) is 0.198. The number of nitrogens with one attached hydrogen (secondary N) is 1. The number of amides is 1. The standard InChI is InChI=1S/C23H33N3O.ClH/c1-5-15-25(21-11-13-24-14-12-21)23(27)22-16-17(2)26(19(22)4)18(3)20-9-7-6-8-10-20;/h6-10,16,18,21,24H,5,11-15H2,1-4H3;1H. The first-order valence-electron chi connectivity index (χ1n) is 10.3. The molecule has 1 unspecified atom stereocenters. The summed E-state index contributed by atoms with van der Waals surface area (Å²) in [6.45, 7) is 11.4. The summed E-state index contributed by atoms with van der Waals surface area (Å²) in [5.41, 5.74) is 4.35. The maximum Gasteiger partial charge on any atom is 0.255 e. The summed E-state index contributed by atoms with van der Waals surface area (Å²) < 4.78 is 2.30. The molecule has 154 valence electrons. The number of rotatable bonds is 6. The molecule has 28 heavy (non-hydrogen) atoms. The highest BCUT2D eigenvalue weighted by Crippen LogP contribution is 2.27. The molecule has 0 radical (unpaired) electrons. The van der Waals surface area contributed by atoms with Crippen LogP contribution in [-0.4, -0.2) is 41.1 Å². The van der Waals surface area contributed by atoms with Crippen LogP contribution in [0.3, 0.4) is 0 Å². The van der Waals surface area contributed by atoms with Gasteiger partial charge in [-0.15, -0.1) is 12.4 Å². The molecule has 1 aliphatic rings. The van der Waals surface area contributed by atoms with Crippen molar-refractivity contribution >= 4 is 18.3 Å². The van der Waals surface area contributed by atoms with Crippen LogP contribution in [0.1, 0.15) is 66.5 Å². The van der Waals surface area contributed by atoms with Crippen molar-refractivity contribution in [3.63, 3.8) is 0 Å². The lowest BCUT2D eigenvalue weighted by Gasteiger charge is -2.34. The summed E-state index contributed by atoms with van der Waals surface area (Å²) in [6, 6.07) is 13.2. The summed E-state index contributed by atoms with van der Waals surface area (Å²) in [7, 11) is 0. The molecule has 0 saturated carbocycles. The van der Waals surface area contributed by atoms with Crippen molar-refractivity contribution in [2.75, 3.05) is 19.6 Å². The van der Waals surface area contributed by atoms with Gasteiger partial charge in [0.1, 0.15) is 0 Å². The fourth-order valence-corrected chi connectivity index (χ4v) is 4.43. The second kappa shape index (κ2) is 10.1. The first-order valence-corrected chi connectivity index (χ1v) is 10.3. The Bertz CT molecular complexity index is 766. The van der Waals surface area contributed by atoms with E-state index in [0.29, 0.717) is 6.04 Å². The Hall–Kier alpha value is -1.78. The molecule has 5 heteroatoms. The summed E-state index contributed by atoms with van der Waals surface area (Å²) >= 11 is 0. The van der Waals surface area contributed by atoms with Gasteiger partial charge in [-0.05, 0) is 64.8 Å². The number of hydrogen-bond donors (Lipinski definition) is 1. The van der Waals surface area contributed by atoms with Gasteiger partial charge in [-0.2, -0.15) is 0 Å².